The molecule has 7 heteroatoms. The normalized spacial score (nSPS) is 11.0. The third-order valence-electron chi connectivity index (χ3n) is 2.84. The topological polar surface area (TPSA) is 73.9 Å². The van der Waals surface area contributed by atoms with E-state index in [1.807, 2.05) is 6.92 Å². The van der Waals surface area contributed by atoms with Crippen LogP contribution in [-0.4, -0.2) is 21.6 Å². The Kier molecular flexibility index (Phi) is 3.66. The minimum atomic E-state index is -0.250. The summed E-state index contributed by atoms with van der Waals surface area (Å²) in [6.07, 6.45) is 0.604. The molecule has 108 valence electrons. The number of ether oxygens (including phenoxy) is 1. The molecule has 5 nitrogen and oxygen atoms in total. The van der Waals surface area contributed by atoms with Crippen molar-refractivity contribution in [1.29, 1.82) is 0 Å². The van der Waals surface area contributed by atoms with Gasteiger partial charge in [0.25, 0.3) is 0 Å². The molecule has 0 spiro atoms. The number of fused-ring (bicyclic) bond motifs is 1. The van der Waals surface area contributed by atoms with Gasteiger partial charge < -0.3 is 10.5 Å². The maximum atomic E-state index is 12.9. The molecule has 2 heterocycles. The number of nitrogens with two attached hydrogens (primary N) is 1. The second-order valence-corrected chi connectivity index (χ2v) is 5.45. The Morgan fingerprint density at radius 1 is 1.19 bits per heavy atom. The van der Waals surface area contributed by atoms with Gasteiger partial charge in [-0.1, -0.05) is 23.5 Å². The van der Waals surface area contributed by atoms with Gasteiger partial charge in [-0.25, -0.2) is 14.4 Å². The molecule has 0 aliphatic carbocycles. The molecule has 2 N–H and O–H groups in total. The highest BCUT2D eigenvalue weighted by Crippen LogP contribution is 2.28. The van der Waals surface area contributed by atoms with Gasteiger partial charge in [0.2, 0.25) is 11.8 Å². The zero-order chi connectivity index (χ0) is 14.8. The average molecular weight is 304 g/mol. The number of thiazole rings is 1. The van der Waals surface area contributed by atoms with Crippen molar-refractivity contribution in [3.05, 3.63) is 40.7 Å². The molecule has 0 bridgehead atoms. The molecule has 0 radical (unpaired) electrons. The van der Waals surface area contributed by atoms with Crippen LogP contribution in [0.25, 0.3) is 10.3 Å². The monoisotopic (exact) mass is 304 g/mol. The van der Waals surface area contributed by atoms with Gasteiger partial charge in [-0.05, 0) is 24.6 Å². The van der Waals surface area contributed by atoms with Crippen molar-refractivity contribution in [1.82, 2.24) is 15.0 Å². The lowest BCUT2D eigenvalue weighted by molar-refractivity contribution is 0.331. The third-order valence-corrected chi connectivity index (χ3v) is 3.79. The lowest BCUT2D eigenvalue weighted by Gasteiger charge is -2.02. The summed E-state index contributed by atoms with van der Waals surface area (Å²) in [6, 6.07) is 6.36. The Hall–Kier alpha value is -2.28. The van der Waals surface area contributed by atoms with E-state index in [2.05, 4.69) is 15.0 Å². The van der Waals surface area contributed by atoms with Crippen molar-refractivity contribution in [3.63, 3.8) is 0 Å². The fraction of sp³-hybridized carbons (Fsp3) is 0.214. The molecule has 2 aromatic heterocycles. The molecule has 3 rings (SSSR count). The van der Waals surface area contributed by atoms with E-state index in [4.69, 9.17) is 10.5 Å². The van der Waals surface area contributed by atoms with E-state index in [1.54, 1.807) is 12.1 Å². The molecule has 0 saturated carbocycles. The van der Waals surface area contributed by atoms with E-state index in [0.717, 1.165) is 10.6 Å². The molecule has 0 aliphatic heterocycles. The number of rotatable bonds is 4. The minimum Gasteiger partial charge on any atom is -0.476 e. The molecule has 0 fully saturated rings. The van der Waals surface area contributed by atoms with Crippen molar-refractivity contribution in [2.75, 3.05) is 12.3 Å². The van der Waals surface area contributed by atoms with Gasteiger partial charge >= 0.3 is 0 Å². The van der Waals surface area contributed by atoms with Crippen LogP contribution in [0.1, 0.15) is 17.5 Å². The summed E-state index contributed by atoms with van der Waals surface area (Å²) < 4.78 is 18.4. The highest BCUT2D eigenvalue weighted by atomic mass is 32.1. The zero-order valence-electron chi connectivity index (χ0n) is 11.3. The quantitative estimate of drug-likeness (QED) is 0.802. The van der Waals surface area contributed by atoms with Crippen molar-refractivity contribution >= 4 is 27.6 Å². The van der Waals surface area contributed by atoms with Gasteiger partial charge in [0.15, 0.2) is 10.3 Å². The third kappa shape index (κ3) is 2.92. The number of halogens is 1. The zero-order valence-corrected chi connectivity index (χ0v) is 12.2. The molecule has 1 aromatic carbocycles. The maximum absolute atomic E-state index is 12.9. The van der Waals surface area contributed by atoms with Gasteiger partial charge in [-0.2, -0.15) is 4.98 Å². The van der Waals surface area contributed by atoms with Crippen molar-refractivity contribution in [2.24, 2.45) is 0 Å². The highest BCUT2D eigenvalue weighted by Gasteiger charge is 2.13. The first-order valence-corrected chi connectivity index (χ1v) is 7.27. The Balaban J connectivity index is 1.96. The predicted octanol–water partition coefficient (Wildman–Crippen LogP) is 2.80. The van der Waals surface area contributed by atoms with Crippen LogP contribution in [-0.2, 0) is 6.42 Å². The van der Waals surface area contributed by atoms with Crippen molar-refractivity contribution < 1.29 is 9.13 Å². The fourth-order valence-corrected chi connectivity index (χ4v) is 2.91. The summed E-state index contributed by atoms with van der Waals surface area (Å²) in [4.78, 5) is 13.4. The van der Waals surface area contributed by atoms with Crippen LogP contribution in [0.5, 0.6) is 5.88 Å². The molecule has 0 atom stereocenters. The van der Waals surface area contributed by atoms with Gasteiger partial charge in [0.05, 0.1) is 6.61 Å². The van der Waals surface area contributed by atoms with E-state index in [1.165, 1.54) is 23.5 Å². The second-order valence-electron chi connectivity index (χ2n) is 4.38. The summed E-state index contributed by atoms with van der Waals surface area (Å²) in [5.41, 5.74) is 7.27. The molecule has 0 aliphatic rings. The summed E-state index contributed by atoms with van der Waals surface area (Å²) in [7, 11) is 0. The number of hydrogen-bond donors (Lipinski definition) is 1. The molecule has 21 heavy (non-hydrogen) atoms. The van der Waals surface area contributed by atoms with Gasteiger partial charge in [0.1, 0.15) is 10.8 Å². The fourth-order valence-electron chi connectivity index (χ4n) is 1.95. The number of nitrogens with zero attached hydrogens (tertiary/aromatic N) is 3. The molecular formula is C14H13FN4OS. The first-order chi connectivity index (χ1) is 10.2. The van der Waals surface area contributed by atoms with Crippen molar-refractivity contribution in [2.45, 2.75) is 13.3 Å². The van der Waals surface area contributed by atoms with Crippen LogP contribution in [0, 0.1) is 5.82 Å². The molecule has 0 amide bonds. The summed E-state index contributed by atoms with van der Waals surface area (Å²) in [5, 5.41) is 0.859. The SMILES string of the molecule is CCOc1nc(N)nc2sc(Cc3ccc(F)cc3)nc12. The Labute approximate surface area is 124 Å². The first kappa shape index (κ1) is 13.7. The summed E-state index contributed by atoms with van der Waals surface area (Å²) in [5.74, 6) is 0.324. The molecule has 0 unspecified atom stereocenters. The largest absolute Gasteiger partial charge is 0.476 e. The lowest BCUT2D eigenvalue weighted by Crippen LogP contribution is -2.00. The van der Waals surface area contributed by atoms with E-state index in [0.29, 0.717) is 29.3 Å². The van der Waals surface area contributed by atoms with Crippen LogP contribution in [0.3, 0.4) is 0 Å². The van der Waals surface area contributed by atoms with Crippen LogP contribution < -0.4 is 10.5 Å². The van der Waals surface area contributed by atoms with E-state index in [-0.39, 0.29) is 11.8 Å². The van der Waals surface area contributed by atoms with E-state index >= 15 is 0 Å². The van der Waals surface area contributed by atoms with Gasteiger partial charge in [-0.3, -0.25) is 0 Å². The highest BCUT2D eigenvalue weighted by molar-refractivity contribution is 7.18. The Morgan fingerprint density at radius 3 is 2.67 bits per heavy atom. The minimum absolute atomic E-state index is 0.169. The number of anilines is 1. The second kappa shape index (κ2) is 5.61. The number of nitrogen functional groups attached to an aromatic ring is 1. The van der Waals surface area contributed by atoms with Gasteiger partial charge in [0, 0.05) is 6.42 Å². The standard InChI is InChI=1S/C14H13FN4OS/c1-2-20-12-11-13(19-14(16)18-12)21-10(17-11)7-8-3-5-9(15)6-4-8/h3-6H,2,7H2,1H3,(H2,16,18,19). The number of hydrogen-bond acceptors (Lipinski definition) is 6. The summed E-state index contributed by atoms with van der Waals surface area (Å²) >= 11 is 1.43. The molecule has 3 aromatic rings. The Bertz CT molecular complexity index is 772. The van der Waals surface area contributed by atoms with E-state index in [9.17, 15) is 4.39 Å². The number of aromatic nitrogens is 3. The average Bonchev–Trinajstić information content (AvgIpc) is 2.84. The molecule has 0 saturated heterocycles. The summed E-state index contributed by atoms with van der Waals surface area (Å²) in [6.45, 7) is 2.35. The van der Waals surface area contributed by atoms with Crippen LogP contribution in [0.15, 0.2) is 24.3 Å². The van der Waals surface area contributed by atoms with Crippen LogP contribution in [0.2, 0.25) is 0 Å². The van der Waals surface area contributed by atoms with Gasteiger partial charge in [-0.15, -0.1) is 0 Å². The number of benzene rings is 1. The lowest BCUT2D eigenvalue weighted by atomic mass is 10.1. The first-order valence-electron chi connectivity index (χ1n) is 6.46. The maximum Gasteiger partial charge on any atom is 0.246 e. The Morgan fingerprint density at radius 2 is 1.95 bits per heavy atom. The van der Waals surface area contributed by atoms with Crippen LogP contribution in [0.4, 0.5) is 10.3 Å². The van der Waals surface area contributed by atoms with Crippen molar-refractivity contribution in [3.8, 4) is 5.88 Å². The van der Waals surface area contributed by atoms with Crippen LogP contribution >= 0.6 is 11.3 Å². The smallest absolute Gasteiger partial charge is 0.246 e. The predicted molar refractivity (Wildman–Crippen MR) is 80.0 cm³/mol. The molecular weight excluding hydrogens is 291 g/mol. The van der Waals surface area contributed by atoms with E-state index < -0.39 is 0 Å².